The molecule has 5 N–H and O–H groups in total. The van der Waals surface area contributed by atoms with Crippen LogP contribution in [-0.4, -0.2) is 139 Å². The Labute approximate surface area is 713 Å². The number of nitriles is 1. The number of ether oxygens (including phenoxy) is 3. The van der Waals surface area contributed by atoms with E-state index >= 15 is 0 Å². The van der Waals surface area contributed by atoms with E-state index in [4.69, 9.17) is 49.0 Å². The quantitative estimate of drug-likeness (QED) is 0.0311. The van der Waals surface area contributed by atoms with E-state index in [0.717, 1.165) is 201 Å². The summed E-state index contributed by atoms with van der Waals surface area (Å²) in [6, 6.07) is 54.6. The highest BCUT2D eigenvalue weighted by molar-refractivity contribution is 6.31. The molecule has 5 aliphatic rings. The van der Waals surface area contributed by atoms with E-state index in [2.05, 4.69) is 207 Å². The third-order valence-corrected chi connectivity index (χ3v) is 21.7. The van der Waals surface area contributed by atoms with Gasteiger partial charge in [0, 0.05) is 219 Å². The SMILES string of the molecule is COc1ccc(CNc2ncnc3c2CN(Cc2ccccc2)CC3)cn1.COc1ccc(CNc2ncnc3c2CN(c2ccc(Cl)cc2C#N)CC3)cn1.COc1ccc(CNc2ncnc3c2CNCC3)cn1.Clc1ccc(CNc2ncnc3c2CN(Cc2ccccc2)CC3)cn1.Clc1ncnc2c1CN(Cc1ccccc1)CC2. The van der Waals surface area contributed by atoms with Crippen LogP contribution < -0.4 is 45.7 Å². The van der Waals surface area contributed by atoms with E-state index in [-0.39, 0.29) is 0 Å². The lowest BCUT2D eigenvalue weighted by molar-refractivity contribution is 0.243. The molecular weight excluding hydrogens is 1570 g/mol. The molecule has 14 heterocycles. The molecule has 0 saturated carbocycles. The minimum atomic E-state index is 0.504. The van der Waals surface area contributed by atoms with Crippen LogP contribution in [0.25, 0.3) is 0 Å². The molecule has 0 unspecified atom stereocenters. The Kier molecular flexibility index (Phi) is 29.9. The molecule has 0 bridgehead atoms. The summed E-state index contributed by atoms with van der Waals surface area (Å²) < 4.78 is 15.3. The van der Waals surface area contributed by atoms with Crippen molar-refractivity contribution in [3.8, 4) is 23.7 Å². The van der Waals surface area contributed by atoms with Gasteiger partial charge in [-0.2, -0.15) is 5.26 Å². The number of anilines is 5. The molecule has 0 atom stereocenters. The Morgan fingerprint density at radius 2 is 0.750 bits per heavy atom. The number of pyridine rings is 4. The molecule has 9 aromatic heterocycles. The normalized spacial score (nSPS) is 13.8. The van der Waals surface area contributed by atoms with Crippen molar-refractivity contribution in [2.24, 2.45) is 0 Å². The van der Waals surface area contributed by atoms with Gasteiger partial charge in [-0.1, -0.05) is 150 Å². The topological polar surface area (TPSA) is 305 Å². The number of halogens is 3. The minimum absolute atomic E-state index is 0.504. The number of fused-ring (bicyclic) bond motifs is 5. The Balaban J connectivity index is 0.000000124. The molecule has 612 valence electrons. The average molecular weight is 1670 g/mol. The maximum absolute atomic E-state index is 9.48. The molecule has 5 aliphatic heterocycles. The van der Waals surface area contributed by atoms with Gasteiger partial charge in [-0.25, -0.2) is 69.8 Å². The molecule has 0 aliphatic carbocycles. The lowest BCUT2D eigenvalue weighted by Gasteiger charge is -2.31. The van der Waals surface area contributed by atoms with Gasteiger partial charge in [0.1, 0.15) is 71.3 Å². The lowest BCUT2D eigenvalue weighted by atomic mass is 10.0. The zero-order chi connectivity index (χ0) is 82.6. The maximum Gasteiger partial charge on any atom is 0.212 e. The number of nitrogens with one attached hydrogen (secondary N) is 5. The summed E-state index contributed by atoms with van der Waals surface area (Å²) in [4.78, 5) is 70.1. The first kappa shape index (κ1) is 84.0. The number of benzene rings is 4. The van der Waals surface area contributed by atoms with Gasteiger partial charge in [0.05, 0.1) is 61.0 Å². The number of aromatic nitrogens is 14. The minimum Gasteiger partial charge on any atom is -0.481 e. The second-order valence-corrected chi connectivity index (χ2v) is 30.1. The van der Waals surface area contributed by atoms with Crippen molar-refractivity contribution in [2.45, 2.75) is 111 Å². The van der Waals surface area contributed by atoms with Crippen molar-refractivity contribution in [1.82, 2.24) is 89.8 Å². The van der Waals surface area contributed by atoms with Gasteiger partial charge in [-0.05, 0) is 63.2 Å². The first-order chi connectivity index (χ1) is 59.0. The van der Waals surface area contributed by atoms with Gasteiger partial charge in [-0.3, -0.25) is 14.7 Å². The van der Waals surface area contributed by atoms with Crippen molar-refractivity contribution in [3.05, 3.63) is 330 Å². The van der Waals surface area contributed by atoms with Gasteiger partial charge < -0.3 is 45.7 Å². The first-order valence-corrected chi connectivity index (χ1v) is 40.9. The first-order valence-electron chi connectivity index (χ1n) is 39.7. The highest BCUT2D eigenvalue weighted by Crippen LogP contribution is 2.33. The van der Waals surface area contributed by atoms with Crippen molar-refractivity contribution < 1.29 is 14.2 Å². The van der Waals surface area contributed by atoms with E-state index in [1.54, 1.807) is 83.7 Å². The molecule has 4 aromatic carbocycles. The van der Waals surface area contributed by atoms with Crippen LogP contribution in [0.2, 0.25) is 15.3 Å². The van der Waals surface area contributed by atoms with Crippen molar-refractivity contribution in [3.63, 3.8) is 0 Å². The van der Waals surface area contributed by atoms with Gasteiger partial charge in [-0.15, -0.1) is 0 Å². The third-order valence-electron chi connectivity index (χ3n) is 20.9. The second kappa shape index (κ2) is 42.7. The fourth-order valence-corrected chi connectivity index (χ4v) is 15.0. The van der Waals surface area contributed by atoms with Gasteiger partial charge in [0.2, 0.25) is 17.6 Å². The monoisotopic (exact) mass is 1660 g/mol. The van der Waals surface area contributed by atoms with Crippen molar-refractivity contribution in [1.29, 1.82) is 5.26 Å². The van der Waals surface area contributed by atoms with Gasteiger partial charge in [0.25, 0.3) is 0 Å². The molecular formula is C90H93Cl3N24O3. The number of hydrogen-bond donors (Lipinski definition) is 5. The Bertz CT molecular complexity index is 5500. The van der Waals surface area contributed by atoms with Crippen LogP contribution in [-0.2, 0) is 111 Å². The Morgan fingerprint density at radius 1 is 0.375 bits per heavy atom. The number of methoxy groups -OCH3 is 3. The molecule has 30 heteroatoms. The standard InChI is InChI=1S/C21H19ClN6O.C21H23N5O.C20H20ClN5.C14H14ClN3.C14H17N5O/c1-29-20-5-2-14(10-24-20)11-25-21-17-12-28(7-6-18(17)26-13-27-21)19-4-3-16(22)8-15(19)9-23;1-27-20-8-7-17(11-22-20)12-23-21-18-14-26(10-9-19(18)24-15-25-21)13-16-5-3-2-4-6-16;21-19-7-6-16(10-22-19)11-23-20-17-13-26(9-8-18(17)24-14-25-20)12-15-4-2-1-3-5-15;15-14-12-9-18(7-6-13(12)16-10-17-14)8-11-4-2-1-3-5-11;1-20-13-3-2-10(6-16-13)7-17-14-11-8-15-5-4-12(11)18-9-19-14/h2-5,8,10,13H,6-7,11-12H2,1H3,(H,25,26,27);2-8,11,15H,9-10,12-14H2,1H3,(H,23,24,25);1-7,10,14H,8-9,11-13H2,(H,23,24,25);1-5,10H,6-9H2;2-3,6,9,15H,4-5,7-8H2,1H3,(H,17,18,19). The summed E-state index contributed by atoms with van der Waals surface area (Å²) in [5.41, 5.74) is 20.9. The lowest BCUT2D eigenvalue weighted by Crippen LogP contribution is -2.32. The highest BCUT2D eigenvalue weighted by atomic mass is 35.5. The highest BCUT2D eigenvalue weighted by Gasteiger charge is 2.27. The Hall–Kier alpha value is -12.5. The molecule has 18 rings (SSSR count). The molecule has 0 amide bonds. The van der Waals surface area contributed by atoms with Crippen LogP contribution >= 0.6 is 34.8 Å². The fraction of sp³-hybridized carbons (Fsp3) is 0.278. The maximum atomic E-state index is 9.48. The van der Waals surface area contributed by atoms with E-state index in [1.807, 2.05) is 66.9 Å². The molecule has 0 fully saturated rings. The predicted molar refractivity (Wildman–Crippen MR) is 465 cm³/mol. The van der Waals surface area contributed by atoms with Gasteiger partial charge >= 0.3 is 0 Å². The van der Waals surface area contributed by atoms with E-state index in [1.165, 1.54) is 33.4 Å². The second-order valence-electron chi connectivity index (χ2n) is 28.9. The molecule has 27 nitrogen and oxygen atoms in total. The van der Waals surface area contributed by atoms with Crippen molar-refractivity contribution >= 4 is 63.8 Å². The van der Waals surface area contributed by atoms with Crippen LogP contribution in [0, 0.1) is 11.3 Å². The molecule has 0 radical (unpaired) electrons. The zero-order valence-electron chi connectivity index (χ0n) is 67.1. The van der Waals surface area contributed by atoms with E-state index in [0.29, 0.717) is 71.3 Å². The van der Waals surface area contributed by atoms with Crippen LogP contribution in [0.4, 0.5) is 29.0 Å². The summed E-state index contributed by atoms with van der Waals surface area (Å²) in [6.45, 7) is 14.2. The van der Waals surface area contributed by atoms with Gasteiger partial charge in [0.15, 0.2) is 0 Å². The summed E-state index contributed by atoms with van der Waals surface area (Å²) in [7, 11) is 4.83. The third kappa shape index (κ3) is 23.5. The smallest absolute Gasteiger partial charge is 0.212 e. The van der Waals surface area contributed by atoms with Crippen LogP contribution in [0.3, 0.4) is 0 Å². The largest absolute Gasteiger partial charge is 0.481 e. The summed E-state index contributed by atoms with van der Waals surface area (Å²) >= 11 is 18.0. The molecule has 0 spiro atoms. The van der Waals surface area contributed by atoms with Crippen LogP contribution in [0.5, 0.6) is 17.6 Å². The average Bonchev–Trinajstić information content (AvgIpc) is 0.795. The molecule has 120 heavy (non-hydrogen) atoms. The van der Waals surface area contributed by atoms with Crippen LogP contribution in [0.15, 0.2) is 214 Å². The predicted octanol–water partition coefficient (Wildman–Crippen LogP) is 14.2. The Morgan fingerprint density at radius 3 is 1.15 bits per heavy atom. The number of hydrogen-bond acceptors (Lipinski definition) is 27. The number of rotatable bonds is 22. The van der Waals surface area contributed by atoms with E-state index < -0.39 is 0 Å². The summed E-state index contributed by atoms with van der Waals surface area (Å²) in [5.74, 6) is 5.34. The molecule has 0 saturated heterocycles. The van der Waals surface area contributed by atoms with Crippen molar-refractivity contribution in [2.75, 3.05) is 80.2 Å². The zero-order valence-corrected chi connectivity index (χ0v) is 69.4. The fourth-order valence-electron chi connectivity index (χ4n) is 14.5. The number of nitrogens with zero attached hydrogens (tertiary/aromatic N) is 19. The van der Waals surface area contributed by atoms with Crippen LogP contribution in [0.1, 0.15) is 101 Å². The summed E-state index contributed by atoms with van der Waals surface area (Å²) in [6.07, 6.45) is 19.8. The van der Waals surface area contributed by atoms with E-state index in [9.17, 15) is 5.26 Å². The summed E-state index contributed by atoms with van der Waals surface area (Å²) in [5, 5.41) is 28.1. The molecule has 13 aromatic rings.